The molecule has 3 rings (SSSR count). The average Bonchev–Trinajstić information content (AvgIpc) is 2.59. The first-order chi connectivity index (χ1) is 11.6. The number of benzene rings is 2. The fourth-order valence-corrected chi connectivity index (χ4v) is 2.40. The molecule has 1 heterocycles. The highest BCUT2D eigenvalue weighted by molar-refractivity contribution is 5.98. The molecule has 6 nitrogen and oxygen atoms in total. The topological polar surface area (TPSA) is 71.4 Å². The Bertz CT molecular complexity index is 802. The number of hydrogen-bond acceptors (Lipinski definition) is 5. The number of hydrogen-bond donors (Lipinski definition) is 1. The zero-order valence-electron chi connectivity index (χ0n) is 13.5. The molecule has 0 unspecified atom stereocenters. The normalized spacial score (nSPS) is 13.8. The molecular formula is C18H18N2O4. The van der Waals surface area contributed by atoms with Gasteiger partial charge in [-0.2, -0.15) is 0 Å². The second-order valence-corrected chi connectivity index (χ2v) is 5.28. The van der Waals surface area contributed by atoms with E-state index in [2.05, 4.69) is 4.99 Å². The Kier molecular flexibility index (Phi) is 4.37. The quantitative estimate of drug-likeness (QED) is 0.877. The van der Waals surface area contributed by atoms with Gasteiger partial charge in [-0.05, 0) is 37.3 Å². The molecule has 24 heavy (non-hydrogen) atoms. The van der Waals surface area contributed by atoms with E-state index in [1.54, 1.807) is 54.6 Å². The molecule has 1 N–H and O–H groups in total. The zero-order valence-corrected chi connectivity index (χ0v) is 13.5. The van der Waals surface area contributed by atoms with Crippen LogP contribution in [0.2, 0.25) is 0 Å². The number of aliphatic imine (C=N–C) groups is 1. The van der Waals surface area contributed by atoms with Gasteiger partial charge in [-0.3, -0.25) is 9.79 Å². The lowest BCUT2D eigenvalue weighted by molar-refractivity contribution is -0.120. The summed E-state index contributed by atoms with van der Waals surface area (Å²) in [5, 5.41) is 10.2. The molecule has 0 radical (unpaired) electrons. The monoisotopic (exact) mass is 326 g/mol. The summed E-state index contributed by atoms with van der Waals surface area (Å²) in [6.45, 7) is 2.37. The minimum atomic E-state index is -0.106. The van der Waals surface area contributed by atoms with Gasteiger partial charge in [0, 0.05) is 18.8 Å². The maximum atomic E-state index is 11.7. The maximum absolute atomic E-state index is 11.7. The number of ether oxygens (including phenoxy) is 2. The van der Waals surface area contributed by atoms with Gasteiger partial charge in [0.05, 0.1) is 18.0 Å². The summed E-state index contributed by atoms with van der Waals surface area (Å²) >= 11 is 0. The van der Waals surface area contributed by atoms with Crippen LogP contribution in [0.15, 0.2) is 41.4 Å². The molecule has 1 aliphatic heterocycles. The number of nitrogens with zero attached hydrogens (tertiary/aromatic N) is 2. The number of amides is 1. The number of phenols is 1. The molecule has 0 aromatic heterocycles. The van der Waals surface area contributed by atoms with Crippen LogP contribution in [0, 0.1) is 0 Å². The van der Waals surface area contributed by atoms with Gasteiger partial charge in [0.1, 0.15) is 5.75 Å². The summed E-state index contributed by atoms with van der Waals surface area (Å²) in [6.07, 6.45) is 1.56. The second-order valence-electron chi connectivity index (χ2n) is 5.28. The molecule has 0 atom stereocenters. The van der Waals surface area contributed by atoms with Gasteiger partial charge in [-0.25, -0.2) is 0 Å². The maximum Gasteiger partial charge on any atom is 0.264 e. The van der Waals surface area contributed by atoms with Crippen molar-refractivity contribution in [3.63, 3.8) is 0 Å². The average molecular weight is 326 g/mol. The van der Waals surface area contributed by atoms with E-state index < -0.39 is 0 Å². The molecule has 6 heteroatoms. The van der Waals surface area contributed by atoms with Gasteiger partial charge in [-0.15, -0.1) is 0 Å². The standard InChI is InChI=1S/C18H18N2O4/c1-3-23-16-6-4-5-12(18(16)22)10-19-13-7-8-15-14(9-13)20(2)17(21)11-24-15/h4-10,22H,3,11H2,1-2H3. The summed E-state index contributed by atoms with van der Waals surface area (Å²) in [5.41, 5.74) is 1.88. The number of likely N-dealkylation sites (N-methyl/N-ethyl adjacent to an activating group) is 1. The van der Waals surface area contributed by atoms with Crippen LogP contribution in [0.5, 0.6) is 17.2 Å². The van der Waals surface area contributed by atoms with Crippen molar-refractivity contribution in [2.45, 2.75) is 6.92 Å². The largest absolute Gasteiger partial charge is 0.504 e. The van der Waals surface area contributed by atoms with Crippen molar-refractivity contribution in [1.29, 1.82) is 0 Å². The van der Waals surface area contributed by atoms with Gasteiger partial charge < -0.3 is 19.5 Å². The Balaban J connectivity index is 1.88. The molecule has 0 saturated heterocycles. The Morgan fingerprint density at radius 1 is 1.38 bits per heavy atom. The van der Waals surface area contributed by atoms with Gasteiger partial charge >= 0.3 is 0 Å². The van der Waals surface area contributed by atoms with Crippen molar-refractivity contribution in [2.75, 3.05) is 25.2 Å². The van der Waals surface area contributed by atoms with E-state index in [1.165, 1.54) is 0 Å². The van der Waals surface area contributed by atoms with Crippen molar-refractivity contribution >= 4 is 23.5 Å². The van der Waals surface area contributed by atoms with Gasteiger partial charge in [0.15, 0.2) is 18.1 Å². The molecule has 0 bridgehead atoms. The summed E-state index contributed by atoms with van der Waals surface area (Å²) in [4.78, 5) is 17.6. The summed E-state index contributed by atoms with van der Waals surface area (Å²) in [7, 11) is 1.70. The molecule has 1 amide bonds. The lowest BCUT2D eigenvalue weighted by atomic mass is 10.2. The van der Waals surface area contributed by atoms with Crippen molar-refractivity contribution in [2.24, 2.45) is 4.99 Å². The lowest BCUT2D eigenvalue weighted by Gasteiger charge is -2.25. The number of aromatic hydroxyl groups is 1. The molecule has 0 fully saturated rings. The van der Waals surface area contributed by atoms with Crippen molar-refractivity contribution in [1.82, 2.24) is 0 Å². The molecule has 0 saturated carbocycles. The Hall–Kier alpha value is -3.02. The predicted octanol–water partition coefficient (Wildman–Crippen LogP) is 2.90. The molecule has 124 valence electrons. The van der Waals surface area contributed by atoms with Crippen LogP contribution in [-0.2, 0) is 4.79 Å². The predicted molar refractivity (Wildman–Crippen MR) is 91.9 cm³/mol. The Morgan fingerprint density at radius 3 is 3.00 bits per heavy atom. The van der Waals surface area contributed by atoms with Gasteiger partial charge in [0.2, 0.25) is 0 Å². The van der Waals surface area contributed by atoms with E-state index in [4.69, 9.17) is 9.47 Å². The molecule has 2 aromatic rings. The molecule has 0 aliphatic carbocycles. The highest BCUT2D eigenvalue weighted by atomic mass is 16.5. The van der Waals surface area contributed by atoms with Crippen molar-refractivity contribution in [3.8, 4) is 17.2 Å². The first kappa shape index (κ1) is 15.9. The Morgan fingerprint density at radius 2 is 2.21 bits per heavy atom. The van der Waals surface area contributed by atoms with Crippen LogP contribution >= 0.6 is 0 Å². The third kappa shape index (κ3) is 3.03. The SMILES string of the molecule is CCOc1cccc(C=Nc2ccc3c(c2)N(C)C(=O)CO3)c1O. The van der Waals surface area contributed by atoms with E-state index in [1.807, 2.05) is 6.92 Å². The number of rotatable bonds is 4. The summed E-state index contributed by atoms with van der Waals surface area (Å²) < 4.78 is 10.7. The van der Waals surface area contributed by atoms with Crippen molar-refractivity contribution in [3.05, 3.63) is 42.0 Å². The first-order valence-electron chi connectivity index (χ1n) is 7.62. The van der Waals surface area contributed by atoms with Crippen LogP contribution in [0.25, 0.3) is 0 Å². The minimum Gasteiger partial charge on any atom is -0.504 e. The third-order valence-electron chi connectivity index (χ3n) is 3.71. The van der Waals surface area contributed by atoms with E-state index >= 15 is 0 Å². The fourth-order valence-electron chi connectivity index (χ4n) is 2.40. The van der Waals surface area contributed by atoms with E-state index in [-0.39, 0.29) is 18.3 Å². The second kappa shape index (κ2) is 6.62. The van der Waals surface area contributed by atoms with E-state index in [0.29, 0.717) is 35.0 Å². The fraction of sp³-hybridized carbons (Fsp3) is 0.222. The Labute approximate surface area is 140 Å². The molecular weight excluding hydrogens is 308 g/mol. The molecule has 1 aliphatic rings. The van der Waals surface area contributed by atoms with Crippen LogP contribution in [-0.4, -0.2) is 37.5 Å². The smallest absolute Gasteiger partial charge is 0.264 e. The number of fused-ring (bicyclic) bond motifs is 1. The lowest BCUT2D eigenvalue weighted by Crippen LogP contribution is -2.35. The van der Waals surface area contributed by atoms with Crippen LogP contribution in [0.3, 0.4) is 0 Å². The molecule has 0 spiro atoms. The number of anilines is 1. The van der Waals surface area contributed by atoms with E-state index in [9.17, 15) is 9.90 Å². The van der Waals surface area contributed by atoms with Crippen LogP contribution in [0.4, 0.5) is 11.4 Å². The van der Waals surface area contributed by atoms with Crippen molar-refractivity contribution < 1.29 is 19.4 Å². The third-order valence-corrected chi connectivity index (χ3v) is 3.71. The number of phenolic OH excluding ortho intramolecular Hbond substituents is 1. The van der Waals surface area contributed by atoms with Crippen LogP contribution < -0.4 is 14.4 Å². The van der Waals surface area contributed by atoms with Gasteiger partial charge in [-0.1, -0.05) is 6.07 Å². The number of carbonyl (C=O) groups excluding carboxylic acids is 1. The highest BCUT2D eigenvalue weighted by Gasteiger charge is 2.22. The van der Waals surface area contributed by atoms with Gasteiger partial charge in [0.25, 0.3) is 5.91 Å². The first-order valence-corrected chi connectivity index (χ1v) is 7.62. The molecule has 2 aromatic carbocycles. The number of carbonyl (C=O) groups is 1. The minimum absolute atomic E-state index is 0.0458. The summed E-state index contributed by atoms with van der Waals surface area (Å²) in [5.74, 6) is 1.02. The zero-order chi connectivity index (χ0) is 17.1. The highest BCUT2D eigenvalue weighted by Crippen LogP contribution is 2.35. The summed E-state index contributed by atoms with van der Waals surface area (Å²) in [6, 6.07) is 10.6. The number of para-hydroxylation sites is 1. The van der Waals surface area contributed by atoms with E-state index in [0.717, 1.165) is 0 Å². The van der Waals surface area contributed by atoms with Crippen LogP contribution in [0.1, 0.15) is 12.5 Å².